The highest BCUT2D eigenvalue weighted by Gasteiger charge is 2.02. The Balaban J connectivity index is 1.95. The smallest absolute Gasteiger partial charge is 0.0761 e. The summed E-state index contributed by atoms with van der Waals surface area (Å²) in [5.41, 5.74) is 0.966. The van der Waals surface area contributed by atoms with E-state index < -0.39 is 0 Å². The van der Waals surface area contributed by atoms with Crippen LogP contribution in [0.3, 0.4) is 0 Å². The van der Waals surface area contributed by atoms with Gasteiger partial charge in [0.05, 0.1) is 9.89 Å². The summed E-state index contributed by atoms with van der Waals surface area (Å²) in [6.45, 7) is 1.78. The van der Waals surface area contributed by atoms with Crippen molar-refractivity contribution in [3.63, 3.8) is 0 Å². The fourth-order valence-electron chi connectivity index (χ4n) is 1.43. The summed E-state index contributed by atoms with van der Waals surface area (Å²) in [7, 11) is 0. The van der Waals surface area contributed by atoms with Crippen molar-refractivity contribution in [3.8, 4) is 0 Å². The number of thioether (sulfide) groups is 1. The molecule has 1 atom stereocenters. The molecule has 1 aromatic carbocycles. The number of rotatable bonds is 4. The molecule has 2 rings (SSSR count). The number of aliphatic hydroxyl groups is 1. The molecule has 1 heterocycles. The third-order valence-corrected chi connectivity index (χ3v) is 5.24. The number of aliphatic hydroxyl groups excluding tert-OH is 1. The molecule has 0 bridgehead atoms. The van der Waals surface area contributed by atoms with Crippen LogP contribution in [-0.4, -0.2) is 5.11 Å². The molecule has 90 valence electrons. The number of hydrogen-bond acceptors (Lipinski definition) is 3. The van der Waals surface area contributed by atoms with Gasteiger partial charge in [-0.3, -0.25) is 0 Å². The highest BCUT2D eigenvalue weighted by Crippen LogP contribution is 2.29. The molecule has 17 heavy (non-hydrogen) atoms. The Morgan fingerprint density at radius 3 is 2.47 bits per heavy atom. The molecule has 1 aromatic heterocycles. The van der Waals surface area contributed by atoms with Gasteiger partial charge in [-0.1, -0.05) is 12.1 Å². The van der Waals surface area contributed by atoms with Gasteiger partial charge in [-0.25, -0.2) is 0 Å². The van der Waals surface area contributed by atoms with Gasteiger partial charge >= 0.3 is 0 Å². The van der Waals surface area contributed by atoms with E-state index in [-0.39, 0.29) is 6.10 Å². The summed E-state index contributed by atoms with van der Waals surface area (Å²) in [5.74, 6) is 0.990. The van der Waals surface area contributed by atoms with Crippen molar-refractivity contribution >= 4 is 39.0 Å². The van der Waals surface area contributed by atoms with E-state index >= 15 is 0 Å². The van der Waals surface area contributed by atoms with Crippen molar-refractivity contribution in [2.75, 3.05) is 0 Å². The minimum Gasteiger partial charge on any atom is -0.389 e. The molecular weight excluding hydrogens is 316 g/mol. The average Bonchev–Trinajstić information content (AvgIpc) is 2.73. The van der Waals surface area contributed by atoms with Gasteiger partial charge in [0.25, 0.3) is 0 Å². The van der Waals surface area contributed by atoms with Crippen molar-refractivity contribution in [1.82, 2.24) is 0 Å². The van der Waals surface area contributed by atoms with Crippen LogP contribution >= 0.6 is 39.0 Å². The van der Waals surface area contributed by atoms with Crippen LogP contribution in [0.4, 0.5) is 0 Å². The molecular formula is C13H13BrOS2. The third kappa shape index (κ3) is 3.85. The second-order valence-electron chi connectivity index (χ2n) is 3.74. The van der Waals surface area contributed by atoms with Gasteiger partial charge in [0.1, 0.15) is 0 Å². The van der Waals surface area contributed by atoms with Crippen LogP contribution in [0.15, 0.2) is 45.1 Å². The van der Waals surface area contributed by atoms with Crippen molar-refractivity contribution in [2.24, 2.45) is 0 Å². The van der Waals surface area contributed by atoms with E-state index in [2.05, 4.69) is 40.2 Å². The first-order chi connectivity index (χ1) is 8.15. The van der Waals surface area contributed by atoms with Crippen LogP contribution in [0, 0.1) is 0 Å². The van der Waals surface area contributed by atoms with E-state index in [4.69, 9.17) is 0 Å². The SMILES string of the molecule is CC(O)c1ccc(SCc2ccc(Br)s2)cc1. The van der Waals surface area contributed by atoms with E-state index in [0.717, 1.165) is 11.3 Å². The summed E-state index contributed by atoms with van der Waals surface area (Å²) in [6.07, 6.45) is -0.387. The van der Waals surface area contributed by atoms with Crippen LogP contribution in [0.1, 0.15) is 23.5 Å². The predicted octanol–water partition coefficient (Wildman–Crippen LogP) is 4.86. The molecule has 1 nitrogen and oxygen atoms in total. The molecule has 0 fully saturated rings. The minimum atomic E-state index is -0.387. The Kier molecular flexibility index (Phi) is 4.68. The molecule has 1 unspecified atom stereocenters. The maximum absolute atomic E-state index is 9.41. The molecule has 0 aliphatic heterocycles. The quantitative estimate of drug-likeness (QED) is 0.809. The summed E-state index contributed by atoms with van der Waals surface area (Å²) in [5, 5.41) is 9.41. The van der Waals surface area contributed by atoms with E-state index in [9.17, 15) is 5.11 Å². The van der Waals surface area contributed by atoms with Crippen LogP contribution < -0.4 is 0 Å². The second-order valence-corrected chi connectivity index (χ2v) is 7.34. The van der Waals surface area contributed by atoms with Crippen molar-refractivity contribution in [2.45, 2.75) is 23.7 Å². The van der Waals surface area contributed by atoms with Crippen LogP contribution in [0.5, 0.6) is 0 Å². The number of hydrogen-bond donors (Lipinski definition) is 1. The molecule has 0 saturated carbocycles. The zero-order valence-corrected chi connectivity index (χ0v) is 12.6. The lowest BCUT2D eigenvalue weighted by Crippen LogP contribution is -1.89. The lowest BCUT2D eigenvalue weighted by atomic mass is 10.1. The molecule has 4 heteroatoms. The van der Waals surface area contributed by atoms with Gasteiger partial charge in [0.2, 0.25) is 0 Å². The molecule has 0 saturated heterocycles. The van der Waals surface area contributed by atoms with E-state index in [1.807, 2.05) is 23.9 Å². The minimum absolute atomic E-state index is 0.387. The van der Waals surface area contributed by atoms with Gasteiger partial charge in [-0.15, -0.1) is 23.1 Å². The molecule has 0 aliphatic rings. The van der Waals surface area contributed by atoms with Crippen LogP contribution in [0.25, 0.3) is 0 Å². The second kappa shape index (κ2) is 6.05. The van der Waals surface area contributed by atoms with E-state index in [1.54, 1.807) is 18.3 Å². The first-order valence-corrected chi connectivity index (χ1v) is 7.89. The monoisotopic (exact) mass is 328 g/mol. The molecule has 0 aliphatic carbocycles. The van der Waals surface area contributed by atoms with E-state index in [0.29, 0.717) is 0 Å². The normalized spacial score (nSPS) is 12.6. The lowest BCUT2D eigenvalue weighted by molar-refractivity contribution is 0.199. The van der Waals surface area contributed by atoms with Crippen LogP contribution in [0.2, 0.25) is 0 Å². The van der Waals surface area contributed by atoms with Gasteiger partial charge in [0.15, 0.2) is 0 Å². The highest BCUT2D eigenvalue weighted by molar-refractivity contribution is 9.11. The lowest BCUT2D eigenvalue weighted by Gasteiger charge is -2.05. The van der Waals surface area contributed by atoms with Gasteiger partial charge in [-0.05, 0) is 52.7 Å². The number of benzene rings is 1. The van der Waals surface area contributed by atoms with Crippen molar-refractivity contribution < 1.29 is 5.11 Å². The zero-order valence-electron chi connectivity index (χ0n) is 9.39. The Morgan fingerprint density at radius 1 is 1.24 bits per heavy atom. The summed E-state index contributed by atoms with van der Waals surface area (Å²) >= 11 is 7.05. The first kappa shape index (κ1) is 13.1. The first-order valence-electron chi connectivity index (χ1n) is 5.30. The maximum atomic E-state index is 9.41. The Hall–Kier alpha value is -0.290. The number of thiophene rings is 1. The molecule has 0 spiro atoms. The summed E-state index contributed by atoms with van der Waals surface area (Å²) in [4.78, 5) is 2.60. The zero-order chi connectivity index (χ0) is 12.3. The standard InChI is InChI=1S/C13H13BrOS2/c1-9(15)10-2-4-11(5-3-10)16-8-12-6-7-13(14)17-12/h2-7,9,15H,8H2,1H3. The number of halogens is 1. The summed E-state index contributed by atoms with van der Waals surface area (Å²) < 4.78 is 1.18. The van der Waals surface area contributed by atoms with Crippen molar-refractivity contribution in [1.29, 1.82) is 0 Å². The topological polar surface area (TPSA) is 20.2 Å². The van der Waals surface area contributed by atoms with Crippen molar-refractivity contribution in [3.05, 3.63) is 50.6 Å². The Labute approximate surface area is 118 Å². The molecule has 0 amide bonds. The molecule has 2 aromatic rings. The van der Waals surface area contributed by atoms with Gasteiger partial charge in [-0.2, -0.15) is 0 Å². The van der Waals surface area contributed by atoms with Crippen LogP contribution in [-0.2, 0) is 5.75 Å². The Morgan fingerprint density at radius 2 is 1.94 bits per heavy atom. The average molecular weight is 329 g/mol. The molecule has 0 radical (unpaired) electrons. The Bertz CT molecular complexity index is 476. The maximum Gasteiger partial charge on any atom is 0.0761 e. The summed E-state index contributed by atoms with van der Waals surface area (Å²) in [6, 6.07) is 12.3. The predicted molar refractivity (Wildman–Crippen MR) is 78.7 cm³/mol. The van der Waals surface area contributed by atoms with E-state index in [1.165, 1.54) is 13.6 Å². The van der Waals surface area contributed by atoms with Gasteiger partial charge < -0.3 is 5.11 Å². The highest BCUT2D eigenvalue weighted by atomic mass is 79.9. The molecule has 1 N–H and O–H groups in total. The largest absolute Gasteiger partial charge is 0.389 e. The fraction of sp³-hybridized carbons (Fsp3) is 0.231. The fourth-order valence-corrected chi connectivity index (χ4v) is 3.85. The third-order valence-electron chi connectivity index (χ3n) is 2.37. The van der Waals surface area contributed by atoms with Gasteiger partial charge in [0, 0.05) is 15.5 Å².